The number of aliphatic hydroxyl groups is 2. The number of aliphatic carboxylic acids is 1. The summed E-state index contributed by atoms with van der Waals surface area (Å²) in [4.78, 5) is 59.7. The fourth-order valence-electron chi connectivity index (χ4n) is 2.70. The van der Waals surface area contributed by atoms with E-state index in [0.717, 1.165) is 0 Å². The van der Waals surface area contributed by atoms with E-state index in [-0.39, 0.29) is 12.2 Å². The number of primary amides is 1. The molecule has 0 saturated carbocycles. The van der Waals surface area contributed by atoms with Gasteiger partial charge in [0.2, 0.25) is 23.6 Å². The number of phenols is 1. The number of hydrogen-bond acceptors (Lipinski definition) is 9. The van der Waals surface area contributed by atoms with Gasteiger partial charge in [-0.1, -0.05) is 12.1 Å². The van der Waals surface area contributed by atoms with E-state index in [1.807, 2.05) is 5.32 Å². The van der Waals surface area contributed by atoms with Gasteiger partial charge < -0.3 is 47.8 Å². The molecule has 1 aromatic carbocycles. The number of carboxylic acids is 1. The van der Waals surface area contributed by atoms with Crippen LogP contribution in [0.5, 0.6) is 5.75 Å². The number of nitrogens with one attached hydrogen (secondary N) is 3. The van der Waals surface area contributed by atoms with Crippen LogP contribution in [0.1, 0.15) is 18.9 Å². The van der Waals surface area contributed by atoms with Crippen LogP contribution in [-0.4, -0.2) is 86.9 Å². The average molecular weight is 483 g/mol. The maximum atomic E-state index is 12.9. The van der Waals surface area contributed by atoms with Gasteiger partial charge in [0.15, 0.2) is 0 Å². The predicted octanol–water partition coefficient (Wildman–Crippen LogP) is -3.95. The molecule has 11 N–H and O–H groups in total. The molecule has 14 nitrogen and oxygen atoms in total. The second kappa shape index (κ2) is 13.1. The Bertz CT molecular complexity index is 891. The highest BCUT2D eigenvalue weighted by molar-refractivity contribution is 5.95. The van der Waals surface area contributed by atoms with Crippen LogP contribution < -0.4 is 27.4 Å². The Hall–Kier alpha value is -3.75. The fraction of sp³-hybridized carbons (Fsp3) is 0.450. The van der Waals surface area contributed by atoms with Crippen molar-refractivity contribution < 1.29 is 44.4 Å². The van der Waals surface area contributed by atoms with Crippen LogP contribution in [0.4, 0.5) is 0 Å². The number of carboxylic acid groups (broad SMARTS) is 1. The third-order valence-corrected chi connectivity index (χ3v) is 4.67. The topological polar surface area (TPSA) is 254 Å². The van der Waals surface area contributed by atoms with Crippen LogP contribution in [0.2, 0.25) is 0 Å². The third kappa shape index (κ3) is 9.01. The molecule has 188 valence electrons. The van der Waals surface area contributed by atoms with Gasteiger partial charge in [-0.3, -0.25) is 19.2 Å². The lowest BCUT2D eigenvalue weighted by Crippen LogP contribution is -2.59. The highest BCUT2D eigenvalue weighted by atomic mass is 16.4. The summed E-state index contributed by atoms with van der Waals surface area (Å²) in [5.41, 5.74) is 11.1. The number of nitrogens with two attached hydrogens (primary N) is 2. The molecule has 0 heterocycles. The molecule has 0 aromatic heterocycles. The lowest BCUT2D eigenvalue weighted by Gasteiger charge is -2.24. The first-order valence-electron chi connectivity index (χ1n) is 10.1. The van der Waals surface area contributed by atoms with Crippen LogP contribution in [0.15, 0.2) is 24.3 Å². The van der Waals surface area contributed by atoms with Gasteiger partial charge in [0.05, 0.1) is 19.1 Å². The summed E-state index contributed by atoms with van der Waals surface area (Å²) in [6.45, 7) is 0.337. The summed E-state index contributed by atoms with van der Waals surface area (Å²) in [5.74, 6) is -5.50. The average Bonchev–Trinajstić information content (AvgIpc) is 2.76. The zero-order chi connectivity index (χ0) is 26.0. The van der Waals surface area contributed by atoms with Gasteiger partial charge in [-0.15, -0.1) is 0 Å². The standard InChI is InChI=1S/C20H29N5O9/c1-9(27)16(22)19(32)23-12(6-10-2-4-11(28)5-3-10)17(30)25-14(8-26)18(31)24-13(20(33)34)7-15(21)29/h2-5,9,12-14,16,26-28H,6-8,22H2,1H3,(H2,21,29)(H,23,32)(H,24,31)(H,25,30)(H,33,34). The van der Waals surface area contributed by atoms with Crippen LogP contribution in [0.25, 0.3) is 0 Å². The molecule has 1 rings (SSSR count). The molecular formula is C20H29N5O9. The largest absolute Gasteiger partial charge is 0.508 e. The monoisotopic (exact) mass is 483 g/mol. The van der Waals surface area contributed by atoms with E-state index in [1.54, 1.807) is 0 Å². The van der Waals surface area contributed by atoms with Gasteiger partial charge in [0.1, 0.15) is 29.9 Å². The maximum Gasteiger partial charge on any atom is 0.326 e. The van der Waals surface area contributed by atoms with Gasteiger partial charge in [-0.25, -0.2) is 4.79 Å². The second-order valence-corrected chi connectivity index (χ2v) is 7.51. The molecule has 1 aromatic rings. The lowest BCUT2D eigenvalue weighted by molar-refractivity contribution is -0.144. The van der Waals surface area contributed by atoms with Crippen LogP contribution in [-0.2, 0) is 30.4 Å². The Balaban J connectivity index is 3.03. The highest BCUT2D eigenvalue weighted by Crippen LogP contribution is 2.12. The summed E-state index contributed by atoms with van der Waals surface area (Å²) in [5, 5.41) is 44.1. The fourth-order valence-corrected chi connectivity index (χ4v) is 2.70. The van der Waals surface area contributed by atoms with Crippen molar-refractivity contribution in [3.05, 3.63) is 29.8 Å². The van der Waals surface area contributed by atoms with Gasteiger partial charge in [-0.05, 0) is 24.6 Å². The molecule has 34 heavy (non-hydrogen) atoms. The number of aliphatic hydroxyl groups excluding tert-OH is 2. The third-order valence-electron chi connectivity index (χ3n) is 4.67. The first-order valence-corrected chi connectivity index (χ1v) is 10.1. The number of carbonyl (C=O) groups excluding carboxylic acids is 4. The zero-order valence-corrected chi connectivity index (χ0v) is 18.3. The van der Waals surface area contributed by atoms with Crippen LogP contribution in [0.3, 0.4) is 0 Å². The summed E-state index contributed by atoms with van der Waals surface area (Å²) in [6, 6.07) is -0.354. The number of aromatic hydroxyl groups is 1. The van der Waals surface area contributed by atoms with E-state index in [0.29, 0.717) is 5.56 Å². The van der Waals surface area contributed by atoms with E-state index < -0.39 is 72.9 Å². The van der Waals surface area contributed by atoms with Crippen molar-refractivity contribution >= 4 is 29.6 Å². The van der Waals surface area contributed by atoms with Gasteiger partial charge in [-0.2, -0.15) is 0 Å². The van der Waals surface area contributed by atoms with Crippen molar-refractivity contribution in [2.45, 2.75) is 50.0 Å². The van der Waals surface area contributed by atoms with Crippen molar-refractivity contribution in [2.75, 3.05) is 6.61 Å². The predicted molar refractivity (Wildman–Crippen MR) is 116 cm³/mol. The van der Waals surface area contributed by atoms with Gasteiger partial charge >= 0.3 is 5.97 Å². The molecule has 0 fully saturated rings. The second-order valence-electron chi connectivity index (χ2n) is 7.51. The molecule has 0 aliphatic carbocycles. The normalized spacial score (nSPS) is 15.2. The summed E-state index contributed by atoms with van der Waals surface area (Å²) >= 11 is 0. The SMILES string of the molecule is CC(O)C(N)C(=O)NC(Cc1ccc(O)cc1)C(=O)NC(CO)C(=O)NC(CC(N)=O)C(=O)O. The quantitative estimate of drug-likeness (QED) is 0.131. The van der Waals surface area contributed by atoms with E-state index >= 15 is 0 Å². The van der Waals surface area contributed by atoms with E-state index in [9.17, 15) is 39.3 Å². The minimum atomic E-state index is -1.69. The molecule has 0 aliphatic rings. The summed E-state index contributed by atoms with van der Waals surface area (Å²) in [6.07, 6.45) is -2.07. The number of benzene rings is 1. The van der Waals surface area contributed by atoms with Gasteiger partial charge in [0.25, 0.3) is 0 Å². The lowest BCUT2D eigenvalue weighted by atomic mass is 10.0. The van der Waals surface area contributed by atoms with Gasteiger partial charge in [0, 0.05) is 6.42 Å². The molecule has 5 unspecified atom stereocenters. The smallest absolute Gasteiger partial charge is 0.326 e. The number of phenolic OH excluding ortho intramolecular Hbond substituents is 1. The Morgan fingerprint density at radius 2 is 1.41 bits per heavy atom. The molecule has 0 radical (unpaired) electrons. The Morgan fingerprint density at radius 1 is 0.912 bits per heavy atom. The number of carbonyl (C=O) groups is 5. The number of rotatable bonds is 13. The van der Waals surface area contributed by atoms with E-state index in [2.05, 4.69) is 10.6 Å². The molecule has 14 heteroatoms. The maximum absolute atomic E-state index is 12.9. The highest BCUT2D eigenvalue weighted by Gasteiger charge is 2.31. The minimum absolute atomic E-state index is 0.0362. The molecule has 0 saturated heterocycles. The Labute approximate surface area is 194 Å². The molecule has 5 atom stereocenters. The number of hydrogen-bond donors (Lipinski definition) is 9. The first kappa shape index (κ1) is 28.3. The molecule has 0 aliphatic heterocycles. The van der Waals surface area contributed by atoms with E-state index in [1.165, 1.54) is 31.2 Å². The minimum Gasteiger partial charge on any atom is -0.508 e. The van der Waals surface area contributed by atoms with Crippen molar-refractivity contribution in [3.8, 4) is 5.75 Å². The van der Waals surface area contributed by atoms with Crippen molar-refractivity contribution in [2.24, 2.45) is 11.5 Å². The molecule has 0 spiro atoms. The van der Waals surface area contributed by atoms with Crippen molar-refractivity contribution in [1.29, 1.82) is 0 Å². The summed E-state index contributed by atoms with van der Waals surface area (Å²) < 4.78 is 0. The zero-order valence-electron chi connectivity index (χ0n) is 18.3. The molecular weight excluding hydrogens is 454 g/mol. The van der Waals surface area contributed by atoms with Crippen molar-refractivity contribution in [1.82, 2.24) is 16.0 Å². The molecule has 0 bridgehead atoms. The molecule has 4 amide bonds. The van der Waals surface area contributed by atoms with Crippen LogP contribution in [0, 0.1) is 0 Å². The van der Waals surface area contributed by atoms with Crippen LogP contribution >= 0.6 is 0 Å². The Morgan fingerprint density at radius 3 is 1.88 bits per heavy atom. The van der Waals surface area contributed by atoms with Crippen molar-refractivity contribution in [3.63, 3.8) is 0 Å². The Kier molecular flexibility index (Phi) is 10.9. The summed E-state index contributed by atoms with van der Waals surface area (Å²) in [7, 11) is 0. The number of amides is 4. The first-order chi connectivity index (χ1) is 15.8. The van der Waals surface area contributed by atoms with E-state index in [4.69, 9.17) is 16.6 Å².